The molecular formula is C23H20ClNO2. The van der Waals surface area contributed by atoms with Crippen LogP contribution in [-0.4, -0.2) is 24.0 Å². The van der Waals surface area contributed by atoms with Gasteiger partial charge in [0.25, 0.3) is 5.91 Å². The van der Waals surface area contributed by atoms with Gasteiger partial charge in [0.1, 0.15) is 5.75 Å². The first kappa shape index (κ1) is 17.6. The van der Waals surface area contributed by atoms with Gasteiger partial charge in [-0.1, -0.05) is 72.3 Å². The van der Waals surface area contributed by atoms with Gasteiger partial charge in [-0.05, 0) is 41.3 Å². The van der Waals surface area contributed by atoms with E-state index in [4.69, 9.17) is 16.3 Å². The van der Waals surface area contributed by atoms with E-state index in [9.17, 15) is 4.79 Å². The Morgan fingerprint density at radius 3 is 2.37 bits per heavy atom. The van der Waals surface area contributed by atoms with Crippen LogP contribution < -0.4 is 4.74 Å². The Kier molecular flexibility index (Phi) is 5.12. The summed E-state index contributed by atoms with van der Waals surface area (Å²) < 4.78 is 5.70. The second kappa shape index (κ2) is 7.85. The lowest BCUT2D eigenvalue weighted by Gasteiger charge is -2.38. The molecule has 0 saturated heterocycles. The Morgan fingerprint density at radius 2 is 1.59 bits per heavy atom. The first-order valence-corrected chi connectivity index (χ1v) is 9.41. The second-order valence-electron chi connectivity index (χ2n) is 6.56. The number of carbonyl (C=O) groups is 1. The summed E-state index contributed by atoms with van der Waals surface area (Å²) in [7, 11) is 0. The van der Waals surface area contributed by atoms with Crippen LogP contribution in [0.5, 0.6) is 5.75 Å². The predicted molar refractivity (Wildman–Crippen MR) is 107 cm³/mol. The van der Waals surface area contributed by atoms with Gasteiger partial charge in [-0.15, -0.1) is 0 Å². The zero-order chi connectivity index (χ0) is 18.6. The van der Waals surface area contributed by atoms with Gasteiger partial charge in [0.2, 0.25) is 0 Å². The van der Waals surface area contributed by atoms with Crippen molar-refractivity contribution in [2.24, 2.45) is 0 Å². The van der Waals surface area contributed by atoms with Crippen LogP contribution in [-0.2, 0) is 11.2 Å². The molecule has 4 heteroatoms. The maximum absolute atomic E-state index is 13.0. The molecule has 4 rings (SSSR count). The molecule has 0 N–H and O–H groups in total. The highest BCUT2D eigenvalue weighted by Crippen LogP contribution is 2.38. The quantitative estimate of drug-likeness (QED) is 0.647. The highest BCUT2D eigenvalue weighted by atomic mass is 35.5. The van der Waals surface area contributed by atoms with Crippen molar-refractivity contribution >= 4 is 17.5 Å². The molecule has 0 spiro atoms. The summed E-state index contributed by atoms with van der Waals surface area (Å²) in [5.41, 5.74) is 3.33. The van der Waals surface area contributed by atoms with Gasteiger partial charge in [0.05, 0.1) is 6.04 Å². The largest absolute Gasteiger partial charge is 0.484 e. The molecule has 0 bridgehead atoms. The van der Waals surface area contributed by atoms with Crippen LogP contribution in [0, 0.1) is 0 Å². The summed E-state index contributed by atoms with van der Waals surface area (Å²) in [5.74, 6) is 0.649. The molecule has 0 fully saturated rings. The minimum Gasteiger partial charge on any atom is -0.484 e. The SMILES string of the molecule is O=C(COc1ccccc1)N1CCc2ccccc2[C@H]1c1ccccc1Cl. The minimum atomic E-state index is -0.199. The Labute approximate surface area is 164 Å². The topological polar surface area (TPSA) is 29.5 Å². The summed E-state index contributed by atoms with van der Waals surface area (Å²) in [6.45, 7) is 0.650. The zero-order valence-corrected chi connectivity index (χ0v) is 15.6. The Morgan fingerprint density at radius 1 is 0.926 bits per heavy atom. The van der Waals surface area contributed by atoms with Crippen molar-refractivity contribution in [3.8, 4) is 5.75 Å². The number of para-hydroxylation sites is 1. The molecular weight excluding hydrogens is 358 g/mol. The molecule has 1 amide bonds. The standard InChI is InChI=1S/C23H20ClNO2/c24-21-13-7-6-12-20(21)23-19-11-5-4-8-17(19)14-15-25(23)22(26)16-27-18-9-2-1-3-10-18/h1-13,23H,14-16H2/t23-/m0/s1. The average molecular weight is 378 g/mol. The van der Waals surface area contributed by atoms with E-state index >= 15 is 0 Å². The number of hydrogen-bond acceptors (Lipinski definition) is 2. The fraction of sp³-hybridized carbons (Fsp3) is 0.174. The Bertz CT molecular complexity index is 942. The highest BCUT2D eigenvalue weighted by molar-refractivity contribution is 6.31. The van der Waals surface area contributed by atoms with E-state index < -0.39 is 0 Å². The number of hydrogen-bond donors (Lipinski definition) is 0. The van der Waals surface area contributed by atoms with E-state index in [-0.39, 0.29) is 18.6 Å². The second-order valence-corrected chi connectivity index (χ2v) is 6.97. The molecule has 27 heavy (non-hydrogen) atoms. The van der Waals surface area contributed by atoms with Crippen LogP contribution in [0.4, 0.5) is 0 Å². The maximum Gasteiger partial charge on any atom is 0.261 e. The average Bonchev–Trinajstić information content (AvgIpc) is 2.72. The van der Waals surface area contributed by atoms with Gasteiger partial charge in [-0.25, -0.2) is 0 Å². The lowest BCUT2D eigenvalue weighted by Crippen LogP contribution is -2.43. The van der Waals surface area contributed by atoms with Crippen LogP contribution in [0.1, 0.15) is 22.7 Å². The van der Waals surface area contributed by atoms with Gasteiger partial charge in [0.15, 0.2) is 6.61 Å². The van der Waals surface area contributed by atoms with Crippen molar-refractivity contribution in [3.05, 3.63) is 101 Å². The summed E-state index contributed by atoms with van der Waals surface area (Å²) in [6.07, 6.45) is 0.828. The molecule has 0 aromatic heterocycles. The monoisotopic (exact) mass is 377 g/mol. The molecule has 0 unspecified atom stereocenters. The van der Waals surface area contributed by atoms with Crippen LogP contribution in [0.3, 0.4) is 0 Å². The van der Waals surface area contributed by atoms with Crippen molar-refractivity contribution in [1.29, 1.82) is 0 Å². The van der Waals surface area contributed by atoms with Crippen molar-refractivity contribution in [3.63, 3.8) is 0 Å². The molecule has 0 saturated carbocycles. The number of nitrogens with zero attached hydrogens (tertiary/aromatic N) is 1. The normalized spacial score (nSPS) is 15.9. The fourth-order valence-electron chi connectivity index (χ4n) is 3.61. The Hall–Kier alpha value is -2.78. The Balaban J connectivity index is 1.64. The molecule has 1 heterocycles. The lowest BCUT2D eigenvalue weighted by molar-refractivity contribution is -0.135. The van der Waals surface area contributed by atoms with Crippen LogP contribution >= 0.6 is 11.6 Å². The first-order chi connectivity index (χ1) is 13.2. The van der Waals surface area contributed by atoms with Crippen LogP contribution in [0.15, 0.2) is 78.9 Å². The maximum atomic E-state index is 13.0. The number of amides is 1. The van der Waals surface area contributed by atoms with Gasteiger partial charge in [-0.2, -0.15) is 0 Å². The van der Waals surface area contributed by atoms with E-state index in [1.807, 2.05) is 71.6 Å². The minimum absolute atomic E-state index is 0.00708. The number of carbonyl (C=O) groups excluding carboxylic acids is 1. The summed E-state index contributed by atoms with van der Waals surface area (Å²) in [6, 6.07) is 25.2. The highest BCUT2D eigenvalue weighted by Gasteiger charge is 2.33. The zero-order valence-electron chi connectivity index (χ0n) is 14.8. The first-order valence-electron chi connectivity index (χ1n) is 9.03. The molecule has 3 aromatic carbocycles. The third-order valence-electron chi connectivity index (χ3n) is 4.91. The van der Waals surface area contributed by atoms with Crippen LogP contribution in [0.2, 0.25) is 5.02 Å². The third kappa shape index (κ3) is 3.69. The number of benzene rings is 3. The van der Waals surface area contributed by atoms with Gasteiger partial charge in [0, 0.05) is 11.6 Å². The van der Waals surface area contributed by atoms with Crippen molar-refractivity contribution < 1.29 is 9.53 Å². The van der Waals surface area contributed by atoms with E-state index in [0.717, 1.165) is 17.5 Å². The van der Waals surface area contributed by atoms with E-state index in [1.54, 1.807) is 0 Å². The van der Waals surface area contributed by atoms with Gasteiger partial charge in [-0.3, -0.25) is 4.79 Å². The van der Waals surface area contributed by atoms with Crippen molar-refractivity contribution in [2.75, 3.05) is 13.2 Å². The van der Waals surface area contributed by atoms with Crippen molar-refractivity contribution in [2.45, 2.75) is 12.5 Å². The predicted octanol–water partition coefficient (Wildman–Crippen LogP) is 4.89. The molecule has 136 valence electrons. The molecule has 3 nitrogen and oxygen atoms in total. The number of rotatable bonds is 4. The molecule has 1 aliphatic heterocycles. The molecule has 0 radical (unpaired) electrons. The number of halogens is 1. The third-order valence-corrected chi connectivity index (χ3v) is 5.25. The van der Waals surface area contributed by atoms with Gasteiger partial charge < -0.3 is 9.64 Å². The van der Waals surface area contributed by atoms with E-state index in [2.05, 4.69) is 12.1 Å². The van der Waals surface area contributed by atoms with Crippen molar-refractivity contribution in [1.82, 2.24) is 4.90 Å². The van der Waals surface area contributed by atoms with E-state index in [0.29, 0.717) is 17.3 Å². The summed E-state index contributed by atoms with van der Waals surface area (Å²) in [5, 5.41) is 0.668. The molecule has 1 aliphatic rings. The molecule has 1 atom stereocenters. The summed E-state index contributed by atoms with van der Waals surface area (Å²) in [4.78, 5) is 14.9. The molecule has 3 aromatic rings. The number of ether oxygens (including phenoxy) is 1. The molecule has 0 aliphatic carbocycles. The van der Waals surface area contributed by atoms with Gasteiger partial charge >= 0.3 is 0 Å². The van der Waals surface area contributed by atoms with Crippen LogP contribution in [0.25, 0.3) is 0 Å². The lowest BCUT2D eigenvalue weighted by atomic mass is 9.88. The summed E-state index contributed by atoms with van der Waals surface area (Å²) >= 11 is 6.50. The van der Waals surface area contributed by atoms with E-state index in [1.165, 1.54) is 5.56 Å². The fourth-order valence-corrected chi connectivity index (χ4v) is 3.85. The number of fused-ring (bicyclic) bond motifs is 1. The smallest absolute Gasteiger partial charge is 0.261 e.